The second-order valence-electron chi connectivity index (χ2n) is 7.05. The number of nitro groups is 1. The van der Waals surface area contributed by atoms with Crippen LogP contribution in [0.4, 0.5) is 17.1 Å². The van der Waals surface area contributed by atoms with Gasteiger partial charge < -0.3 is 5.32 Å². The molecule has 0 saturated carbocycles. The van der Waals surface area contributed by atoms with Gasteiger partial charge in [0.1, 0.15) is 5.69 Å². The highest BCUT2D eigenvalue weighted by Gasteiger charge is 2.22. The molecule has 2 aromatic rings. The Morgan fingerprint density at radius 3 is 2.33 bits per heavy atom. The Labute approximate surface area is 157 Å². The van der Waals surface area contributed by atoms with E-state index in [-0.39, 0.29) is 27.6 Å². The second-order valence-corrected chi connectivity index (χ2v) is 8.74. The van der Waals surface area contributed by atoms with E-state index in [4.69, 9.17) is 0 Å². The summed E-state index contributed by atoms with van der Waals surface area (Å²) in [6.45, 7) is 6.51. The van der Waals surface area contributed by atoms with Crippen molar-refractivity contribution in [2.24, 2.45) is 0 Å². The molecule has 0 radical (unpaired) electrons. The highest BCUT2D eigenvalue weighted by molar-refractivity contribution is 7.89. The summed E-state index contributed by atoms with van der Waals surface area (Å²) >= 11 is 0. The fourth-order valence-corrected chi connectivity index (χ4v) is 3.83. The van der Waals surface area contributed by atoms with Crippen LogP contribution in [0.2, 0.25) is 0 Å². The first-order chi connectivity index (χ1) is 12.4. The molecule has 27 heavy (non-hydrogen) atoms. The average molecular weight is 391 g/mol. The predicted octanol–water partition coefficient (Wildman–Crippen LogP) is 3.62. The van der Waals surface area contributed by atoms with E-state index in [1.807, 2.05) is 0 Å². The van der Waals surface area contributed by atoms with Gasteiger partial charge in [-0.15, -0.1) is 0 Å². The second kappa shape index (κ2) is 7.45. The fraction of sp³-hybridized carbons (Fsp3) is 0.278. The number of carbonyl (C=O) groups is 1. The number of hydrogen-bond donors (Lipinski definition) is 2. The van der Waals surface area contributed by atoms with Crippen molar-refractivity contribution in [2.75, 3.05) is 5.32 Å². The summed E-state index contributed by atoms with van der Waals surface area (Å²) in [5.74, 6) is -0.286. The standard InChI is InChI=1S/C18H21N3O5S/c1-12(22)13-8-9-16(17(10-13)21(23)24)19-14-6-5-7-15(11-14)27(25,26)20-18(2,3)4/h5-11,19-20H,1-4H3. The molecule has 9 heteroatoms. The molecule has 0 bridgehead atoms. The van der Waals surface area contributed by atoms with Crippen LogP contribution < -0.4 is 10.0 Å². The minimum absolute atomic E-state index is 0.0328. The Morgan fingerprint density at radius 1 is 1.11 bits per heavy atom. The third-order valence-corrected chi connectivity index (χ3v) is 5.22. The number of rotatable bonds is 6. The topological polar surface area (TPSA) is 118 Å². The fourth-order valence-electron chi connectivity index (χ4n) is 2.37. The van der Waals surface area contributed by atoms with Gasteiger partial charge in [0.15, 0.2) is 5.78 Å². The monoisotopic (exact) mass is 391 g/mol. The van der Waals surface area contributed by atoms with E-state index < -0.39 is 20.5 Å². The van der Waals surface area contributed by atoms with Crippen molar-refractivity contribution in [1.29, 1.82) is 0 Å². The molecule has 0 atom stereocenters. The molecule has 2 N–H and O–H groups in total. The maximum absolute atomic E-state index is 12.5. The Morgan fingerprint density at radius 2 is 1.78 bits per heavy atom. The number of hydrogen-bond acceptors (Lipinski definition) is 6. The number of Topliss-reactive ketones (excluding diaryl/α,β-unsaturated/α-hetero) is 1. The van der Waals surface area contributed by atoms with E-state index in [9.17, 15) is 23.3 Å². The average Bonchev–Trinajstić information content (AvgIpc) is 2.53. The third-order valence-electron chi connectivity index (χ3n) is 3.46. The van der Waals surface area contributed by atoms with Crippen molar-refractivity contribution in [2.45, 2.75) is 38.1 Å². The van der Waals surface area contributed by atoms with Crippen LogP contribution in [0.5, 0.6) is 0 Å². The van der Waals surface area contributed by atoms with Gasteiger partial charge >= 0.3 is 0 Å². The first-order valence-corrected chi connectivity index (χ1v) is 9.58. The van der Waals surface area contributed by atoms with Crippen molar-refractivity contribution in [1.82, 2.24) is 4.72 Å². The Bertz CT molecular complexity index is 994. The number of benzene rings is 2. The molecule has 0 aliphatic carbocycles. The maximum atomic E-state index is 12.5. The van der Waals surface area contributed by atoms with E-state index in [0.717, 1.165) is 0 Å². The smallest absolute Gasteiger partial charge is 0.293 e. The molecule has 0 heterocycles. The molecule has 0 aromatic heterocycles. The van der Waals surface area contributed by atoms with Gasteiger partial charge in [-0.05, 0) is 58.0 Å². The summed E-state index contributed by atoms with van der Waals surface area (Å²) in [6.07, 6.45) is 0. The van der Waals surface area contributed by atoms with Crippen LogP contribution in [-0.2, 0) is 10.0 Å². The molecule has 144 valence electrons. The van der Waals surface area contributed by atoms with Gasteiger partial charge in [-0.25, -0.2) is 13.1 Å². The van der Waals surface area contributed by atoms with Crippen LogP contribution in [0.25, 0.3) is 0 Å². The van der Waals surface area contributed by atoms with Crippen LogP contribution in [0.15, 0.2) is 47.4 Å². The van der Waals surface area contributed by atoms with E-state index in [2.05, 4.69) is 10.0 Å². The van der Waals surface area contributed by atoms with Crippen molar-refractivity contribution >= 4 is 32.9 Å². The molecule has 0 unspecified atom stereocenters. The number of carbonyl (C=O) groups excluding carboxylic acids is 1. The van der Waals surface area contributed by atoms with Gasteiger partial charge in [0.2, 0.25) is 10.0 Å². The third kappa shape index (κ3) is 5.35. The summed E-state index contributed by atoms with van der Waals surface area (Å²) in [5.41, 5.74) is -0.181. The molecule has 0 amide bonds. The van der Waals surface area contributed by atoms with Crippen molar-refractivity contribution < 1.29 is 18.1 Å². The lowest BCUT2D eigenvalue weighted by Crippen LogP contribution is -2.40. The lowest BCUT2D eigenvalue weighted by molar-refractivity contribution is -0.383. The zero-order valence-corrected chi connectivity index (χ0v) is 16.3. The number of anilines is 2. The molecular weight excluding hydrogens is 370 g/mol. The molecule has 0 aliphatic rings. The molecule has 0 saturated heterocycles. The van der Waals surface area contributed by atoms with E-state index in [0.29, 0.717) is 5.69 Å². The van der Waals surface area contributed by atoms with Crippen LogP contribution in [0.3, 0.4) is 0 Å². The maximum Gasteiger partial charge on any atom is 0.293 e. The Kier molecular flexibility index (Phi) is 5.67. The van der Waals surface area contributed by atoms with E-state index in [1.54, 1.807) is 26.8 Å². The van der Waals surface area contributed by atoms with Gasteiger partial charge in [-0.2, -0.15) is 0 Å². The first-order valence-electron chi connectivity index (χ1n) is 8.09. The molecule has 8 nitrogen and oxygen atoms in total. The lowest BCUT2D eigenvalue weighted by Gasteiger charge is -2.20. The SMILES string of the molecule is CC(=O)c1ccc(Nc2cccc(S(=O)(=O)NC(C)(C)C)c2)c([N+](=O)[O-])c1. The molecular formula is C18H21N3O5S. The lowest BCUT2D eigenvalue weighted by atomic mass is 10.1. The highest BCUT2D eigenvalue weighted by Crippen LogP contribution is 2.29. The highest BCUT2D eigenvalue weighted by atomic mass is 32.2. The van der Waals surface area contributed by atoms with Gasteiger partial charge in [0.05, 0.1) is 9.82 Å². The zero-order valence-electron chi connectivity index (χ0n) is 15.4. The van der Waals surface area contributed by atoms with E-state index >= 15 is 0 Å². The molecule has 2 aromatic carbocycles. The molecule has 2 rings (SSSR count). The zero-order chi connectivity index (χ0) is 20.4. The summed E-state index contributed by atoms with van der Waals surface area (Å²) in [6, 6.07) is 10.0. The first kappa shape index (κ1) is 20.5. The molecule has 0 fully saturated rings. The number of nitro benzene ring substituents is 1. The number of nitrogens with zero attached hydrogens (tertiary/aromatic N) is 1. The Hall–Kier alpha value is -2.78. The van der Waals surface area contributed by atoms with Crippen LogP contribution in [-0.4, -0.2) is 24.7 Å². The van der Waals surface area contributed by atoms with Crippen molar-refractivity contribution in [3.63, 3.8) is 0 Å². The summed E-state index contributed by atoms with van der Waals surface area (Å²) in [4.78, 5) is 22.2. The van der Waals surface area contributed by atoms with E-state index in [1.165, 1.54) is 43.3 Å². The van der Waals surface area contributed by atoms with Gasteiger partial charge in [-0.1, -0.05) is 6.07 Å². The normalized spacial score (nSPS) is 11.9. The van der Waals surface area contributed by atoms with Crippen LogP contribution in [0, 0.1) is 10.1 Å². The number of ketones is 1. The van der Waals surface area contributed by atoms with Gasteiger partial charge in [0, 0.05) is 22.9 Å². The summed E-state index contributed by atoms with van der Waals surface area (Å²) < 4.78 is 27.5. The minimum atomic E-state index is -3.75. The number of nitrogens with one attached hydrogen (secondary N) is 2. The van der Waals surface area contributed by atoms with Crippen molar-refractivity contribution in [3.8, 4) is 0 Å². The van der Waals surface area contributed by atoms with Crippen LogP contribution >= 0.6 is 0 Å². The minimum Gasteiger partial charge on any atom is -0.350 e. The van der Waals surface area contributed by atoms with Crippen LogP contribution in [0.1, 0.15) is 38.1 Å². The number of sulfonamides is 1. The van der Waals surface area contributed by atoms with Gasteiger partial charge in [-0.3, -0.25) is 14.9 Å². The van der Waals surface area contributed by atoms with Gasteiger partial charge in [0.25, 0.3) is 5.69 Å². The summed E-state index contributed by atoms with van der Waals surface area (Å²) in [5, 5.41) is 14.2. The molecule has 0 aliphatic heterocycles. The molecule has 0 spiro atoms. The van der Waals surface area contributed by atoms with Crippen molar-refractivity contribution in [3.05, 3.63) is 58.1 Å². The Balaban J connectivity index is 2.40. The quantitative estimate of drug-likeness (QED) is 0.441. The largest absolute Gasteiger partial charge is 0.350 e. The predicted molar refractivity (Wildman–Crippen MR) is 103 cm³/mol. The summed E-state index contributed by atoms with van der Waals surface area (Å²) in [7, 11) is -3.75.